The number of ether oxygens (including phenoxy) is 1. The molecule has 0 aromatic rings. The maximum absolute atomic E-state index is 11.4. The quantitative estimate of drug-likeness (QED) is 0.499. The fraction of sp³-hybridized carbons (Fsp3) is 0.889. The third kappa shape index (κ3) is 18.7. The van der Waals surface area contributed by atoms with Gasteiger partial charge < -0.3 is 15.4 Å². The summed E-state index contributed by atoms with van der Waals surface area (Å²) in [4.78, 5) is 11.4. The zero-order valence-electron chi connectivity index (χ0n) is 15.2. The molecule has 0 aliphatic carbocycles. The Kier molecular flexibility index (Phi) is 13.5. The number of carbonyl (C=O) groups excluding carboxylic acids is 1. The summed E-state index contributed by atoms with van der Waals surface area (Å²) in [7, 11) is 0. The highest BCUT2D eigenvalue weighted by Crippen LogP contribution is 2.09. The fourth-order valence-electron chi connectivity index (χ4n) is 2.21. The molecular weight excluding hydrogens is 290 g/mol. The number of alkyl carbamates (subject to hydrolysis) is 1. The molecule has 0 heterocycles. The Labute approximate surface area is 142 Å². The molecule has 0 saturated heterocycles. The van der Waals surface area contributed by atoms with Crippen molar-refractivity contribution in [1.82, 2.24) is 10.6 Å². The van der Waals surface area contributed by atoms with E-state index in [9.17, 15) is 4.79 Å². The minimum absolute atomic E-state index is 0.319. The molecule has 0 aliphatic heterocycles. The molecule has 0 aliphatic rings. The molecule has 0 unspecified atom stereocenters. The first-order chi connectivity index (χ1) is 11.0. The van der Waals surface area contributed by atoms with Crippen LogP contribution in [0.2, 0.25) is 0 Å². The average Bonchev–Trinajstić information content (AvgIpc) is 2.46. The molecule has 0 aromatic heterocycles. The standard InChI is InChI=1S/C18H35N3O2/c1-18(2,3)23-17(22)21-16-11-9-7-5-4-6-8-10-14-20-15-12-13-19/h20H,4-12,14-16H2,1-3H3,(H,21,22). The molecule has 0 saturated carbocycles. The number of nitrogens with zero attached hydrogens (tertiary/aromatic N) is 1. The van der Waals surface area contributed by atoms with Gasteiger partial charge in [-0.2, -0.15) is 5.26 Å². The van der Waals surface area contributed by atoms with Gasteiger partial charge in [-0.05, 0) is 40.2 Å². The van der Waals surface area contributed by atoms with Gasteiger partial charge in [0.05, 0.1) is 6.07 Å². The van der Waals surface area contributed by atoms with Gasteiger partial charge in [0.2, 0.25) is 0 Å². The Bertz CT molecular complexity index is 332. The van der Waals surface area contributed by atoms with E-state index in [0.29, 0.717) is 13.0 Å². The van der Waals surface area contributed by atoms with Crippen LogP contribution in [0, 0.1) is 11.3 Å². The number of amides is 1. The normalized spacial score (nSPS) is 11.0. The van der Waals surface area contributed by atoms with Gasteiger partial charge in [0.15, 0.2) is 0 Å². The van der Waals surface area contributed by atoms with E-state index in [1.807, 2.05) is 20.8 Å². The van der Waals surface area contributed by atoms with Crippen LogP contribution in [0.5, 0.6) is 0 Å². The molecular formula is C18H35N3O2. The first-order valence-corrected chi connectivity index (χ1v) is 9.00. The van der Waals surface area contributed by atoms with Crippen molar-refractivity contribution in [3.63, 3.8) is 0 Å². The van der Waals surface area contributed by atoms with Crippen LogP contribution in [0.1, 0.15) is 78.6 Å². The summed E-state index contributed by atoms with van der Waals surface area (Å²) in [5.41, 5.74) is -0.421. The van der Waals surface area contributed by atoms with Crippen LogP contribution in [0.15, 0.2) is 0 Å². The van der Waals surface area contributed by atoms with E-state index in [-0.39, 0.29) is 6.09 Å². The molecule has 0 aromatic carbocycles. The van der Waals surface area contributed by atoms with E-state index in [4.69, 9.17) is 10.00 Å². The third-order valence-electron chi connectivity index (χ3n) is 3.36. The van der Waals surface area contributed by atoms with Gasteiger partial charge in [0.1, 0.15) is 5.60 Å². The van der Waals surface area contributed by atoms with Crippen molar-refractivity contribution >= 4 is 6.09 Å². The largest absolute Gasteiger partial charge is 0.444 e. The van der Waals surface area contributed by atoms with E-state index < -0.39 is 5.60 Å². The maximum atomic E-state index is 11.4. The molecule has 0 rings (SSSR count). The van der Waals surface area contributed by atoms with E-state index in [0.717, 1.165) is 25.9 Å². The van der Waals surface area contributed by atoms with Crippen molar-refractivity contribution in [2.75, 3.05) is 19.6 Å². The van der Waals surface area contributed by atoms with Gasteiger partial charge in [0, 0.05) is 19.5 Å². The lowest BCUT2D eigenvalue weighted by Crippen LogP contribution is -2.32. The zero-order valence-corrected chi connectivity index (χ0v) is 15.2. The summed E-state index contributed by atoms with van der Waals surface area (Å²) in [6.07, 6.45) is 10.0. The Hall–Kier alpha value is -1.28. The van der Waals surface area contributed by atoms with Crippen molar-refractivity contribution in [1.29, 1.82) is 5.26 Å². The monoisotopic (exact) mass is 325 g/mol. The van der Waals surface area contributed by atoms with E-state index in [2.05, 4.69) is 16.7 Å². The molecule has 0 radical (unpaired) electrons. The number of unbranched alkanes of at least 4 members (excludes halogenated alkanes) is 7. The highest BCUT2D eigenvalue weighted by atomic mass is 16.6. The zero-order chi connectivity index (χ0) is 17.4. The number of nitrogens with one attached hydrogen (secondary N) is 2. The molecule has 0 atom stereocenters. The lowest BCUT2D eigenvalue weighted by atomic mass is 10.1. The molecule has 0 bridgehead atoms. The molecule has 5 heteroatoms. The SMILES string of the molecule is CC(C)(C)OC(=O)NCCCCCCCCCCNCCC#N. The Morgan fingerprint density at radius 2 is 1.43 bits per heavy atom. The Morgan fingerprint density at radius 1 is 0.913 bits per heavy atom. The van der Waals surface area contributed by atoms with E-state index in [1.54, 1.807) is 0 Å². The maximum Gasteiger partial charge on any atom is 0.407 e. The highest BCUT2D eigenvalue weighted by molar-refractivity contribution is 5.67. The lowest BCUT2D eigenvalue weighted by Gasteiger charge is -2.19. The van der Waals surface area contributed by atoms with Crippen LogP contribution >= 0.6 is 0 Å². The summed E-state index contributed by atoms with van der Waals surface area (Å²) >= 11 is 0. The molecule has 134 valence electrons. The summed E-state index contributed by atoms with van der Waals surface area (Å²) in [6.45, 7) is 8.15. The second-order valence-electron chi connectivity index (χ2n) is 6.92. The predicted molar refractivity (Wildman–Crippen MR) is 94.3 cm³/mol. The van der Waals surface area contributed by atoms with Crippen LogP contribution in [0.4, 0.5) is 4.79 Å². The van der Waals surface area contributed by atoms with Crippen LogP contribution in [0.3, 0.4) is 0 Å². The molecule has 23 heavy (non-hydrogen) atoms. The van der Waals surface area contributed by atoms with Crippen molar-refractivity contribution in [3.8, 4) is 6.07 Å². The minimum atomic E-state index is -0.421. The Balaban J connectivity index is 3.17. The summed E-state index contributed by atoms with van der Waals surface area (Å²) < 4.78 is 5.18. The number of nitriles is 1. The van der Waals surface area contributed by atoms with Crippen LogP contribution in [-0.4, -0.2) is 31.3 Å². The van der Waals surface area contributed by atoms with Crippen LogP contribution in [0.25, 0.3) is 0 Å². The summed E-state index contributed by atoms with van der Waals surface area (Å²) in [6, 6.07) is 2.13. The second kappa shape index (κ2) is 14.3. The first-order valence-electron chi connectivity index (χ1n) is 9.00. The predicted octanol–water partition coefficient (Wildman–Crippen LogP) is 4.14. The molecule has 5 nitrogen and oxygen atoms in total. The number of hydrogen-bond donors (Lipinski definition) is 2. The first kappa shape index (κ1) is 21.7. The lowest BCUT2D eigenvalue weighted by molar-refractivity contribution is 0.0527. The van der Waals surface area contributed by atoms with E-state index in [1.165, 1.54) is 38.5 Å². The molecule has 2 N–H and O–H groups in total. The molecule has 1 amide bonds. The highest BCUT2D eigenvalue weighted by Gasteiger charge is 2.15. The van der Waals surface area contributed by atoms with Gasteiger partial charge in [-0.15, -0.1) is 0 Å². The minimum Gasteiger partial charge on any atom is -0.444 e. The van der Waals surface area contributed by atoms with Gasteiger partial charge in [-0.1, -0.05) is 38.5 Å². The van der Waals surface area contributed by atoms with Gasteiger partial charge in [-0.25, -0.2) is 4.79 Å². The number of carbonyl (C=O) groups is 1. The topological polar surface area (TPSA) is 74.2 Å². The number of hydrogen-bond acceptors (Lipinski definition) is 4. The second-order valence-corrected chi connectivity index (χ2v) is 6.92. The van der Waals surface area contributed by atoms with Crippen LogP contribution < -0.4 is 10.6 Å². The average molecular weight is 325 g/mol. The third-order valence-corrected chi connectivity index (χ3v) is 3.36. The van der Waals surface area contributed by atoms with E-state index >= 15 is 0 Å². The van der Waals surface area contributed by atoms with Crippen LogP contribution in [-0.2, 0) is 4.74 Å². The van der Waals surface area contributed by atoms with Crippen molar-refractivity contribution in [2.24, 2.45) is 0 Å². The summed E-state index contributed by atoms with van der Waals surface area (Å²) in [5, 5.41) is 14.5. The summed E-state index contributed by atoms with van der Waals surface area (Å²) in [5.74, 6) is 0. The van der Waals surface area contributed by atoms with Crippen molar-refractivity contribution < 1.29 is 9.53 Å². The smallest absolute Gasteiger partial charge is 0.407 e. The number of rotatable bonds is 13. The van der Waals surface area contributed by atoms with Crippen molar-refractivity contribution in [3.05, 3.63) is 0 Å². The van der Waals surface area contributed by atoms with Gasteiger partial charge >= 0.3 is 6.09 Å². The van der Waals surface area contributed by atoms with Gasteiger partial charge in [0.25, 0.3) is 0 Å². The molecule has 0 spiro atoms. The van der Waals surface area contributed by atoms with Crippen molar-refractivity contribution in [2.45, 2.75) is 84.2 Å². The Morgan fingerprint density at radius 3 is 1.96 bits per heavy atom. The molecule has 0 fully saturated rings. The fourth-order valence-corrected chi connectivity index (χ4v) is 2.21. The van der Waals surface area contributed by atoms with Gasteiger partial charge in [-0.3, -0.25) is 0 Å².